The van der Waals surface area contributed by atoms with Crippen LogP contribution in [0.5, 0.6) is 5.75 Å². The van der Waals surface area contributed by atoms with Crippen LogP contribution in [0.3, 0.4) is 0 Å². The van der Waals surface area contributed by atoms with E-state index in [9.17, 15) is 9.59 Å². The number of ether oxygens (including phenoxy) is 1. The van der Waals surface area contributed by atoms with Gasteiger partial charge in [0.15, 0.2) is 6.61 Å². The van der Waals surface area contributed by atoms with Crippen LogP contribution < -0.4 is 15.6 Å². The van der Waals surface area contributed by atoms with E-state index in [1.165, 1.54) is 0 Å². The van der Waals surface area contributed by atoms with Crippen molar-refractivity contribution in [3.05, 3.63) is 90.5 Å². The van der Waals surface area contributed by atoms with Crippen molar-refractivity contribution in [2.75, 3.05) is 6.61 Å². The summed E-state index contributed by atoms with van der Waals surface area (Å²) >= 11 is 0. The van der Waals surface area contributed by atoms with Gasteiger partial charge in [-0.3, -0.25) is 20.4 Å². The minimum Gasteiger partial charge on any atom is -0.484 e. The Balaban J connectivity index is 1.49. The molecule has 0 radical (unpaired) electrons. The summed E-state index contributed by atoms with van der Waals surface area (Å²) in [5.41, 5.74) is 7.25. The molecule has 0 aliphatic rings. The molecule has 130 valence electrons. The largest absolute Gasteiger partial charge is 0.484 e. The van der Waals surface area contributed by atoms with Crippen molar-refractivity contribution in [3.8, 4) is 16.9 Å². The standard InChI is InChI=1S/C21H18N2O3/c24-20(15-26-19-9-5-2-6-10-19)22-23-21(25)18-13-11-17(12-14-18)16-7-3-1-4-8-16/h1-14H,15H2,(H,22,24)(H,23,25). The van der Waals surface area contributed by atoms with Crippen LogP contribution >= 0.6 is 0 Å². The number of hydrazine groups is 1. The van der Waals surface area contributed by atoms with Crippen LogP contribution in [0.2, 0.25) is 0 Å². The van der Waals surface area contributed by atoms with Crippen molar-refractivity contribution in [2.24, 2.45) is 0 Å². The highest BCUT2D eigenvalue weighted by Crippen LogP contribution is 2.19. The van der Waals surface area contributed by atoms with Crippen molar-refractivity contribution in [1.29, 1.82) is 0 Å². The fourth-order valence-electron chi connectivity index (χ4n) is 2.34. The first-order valence-electron chi connectivity index (χ1n) is 8.15. The molecule has 0 atom stereocenters. The van der Waals surface area contributed by atoms with E-state index >= 15 is 0 Å². The zero-order valence-electron chi connectivity index (χ0n) is 14.0. The Morgan fingerprint density at radius 1 is 0.692 bits per heavy atom. The van der Waals surface area contributed by atoms with Gasteiger partial charge in [0.25, 0.3) is 11.8 Å². The van der Waals surface area contributed by atoms with Gasteiger partial charge in [-0.2, -0.15) is 0 Å². The Morgan fingerprint density at radius 2 is 1.27 bits per heavy atom. The number of nitrogens with one attached hydrogen (secondary N) is 2. The maximum atomic E-state index is 12.1. The maximum Gasteiger partial charge on any atom is 0.276 e. The van der Waals surface area contributed by atoms with E-state index < -0.39 is 11.8 Å². The first-order chi connectivity index (χ1) is 12.7. The lowest BCUT2D eigenvalue weighted by Crippen LogP contribution is -2.43. The molecular formula is C21H18N2O3. The lowest BCUT2D eigenvalue weighted by molar-refractivity contribution is -0.123. The number of hydrogen-bond donors (Lipinski definition) is 2. The zero-order valence-corrected chi connectivity index (χ0v) is 14.0. The summed E-state index contributed by atoms with van der Waals surface area (Å²) in [4.78, 5) is 23.8. The number of para-hydroxylation sites is 1. The fraction of sp³-hybridized carbons (Fsp3) is 0.0476. The molecule has 0 aliphatic carbocycles. The molecule has 0 unspecified atom stereocenters. The summed E-state index contributed by atoms with van der Waals surface area (Å²) in [6.07, 6.45) is 0. The van der Waals surface area contributed by atoms with Crippen LogP contribution in [0.1, 0.15) is 10.4 Å². The second kappa shape index (κ2) is 8.48. The SMILES string of the molecule is O=C(COc1ccccc1)NNC(=O)c1ccc(-c2ccccc2)cc1. The van der Waals surface area contributed by atoms with Gasteiger partial charge in [0.2, 0.25) is 0 Å². The van der Waals surface area contributed by atoms with E-state index in [0.29, 0.717) is 11.3 Å². The van der Waals surface area contributed by atoms with E-state index in [4.69, 9.17) is 4.74 Å². The minimum absolute atomic E-state index is 0.183. The van der Waals surface area contributed by atoms with Gasteiger partial charge in [-0.15, -0.1) is 0 Å². The normalized spacial score (nSPS) is 10.0. The topological polar surface area (TPSA) is 67.4 Å². The highest BCUT2D eigenvalue weighted by Gasteiger charge is 2.08. The van der Waals surface area contributed by atoms with E-state index in [1.807, 2.05) is 60.7 Å². The van der Waals surface area contributed by atoms with Crippen molar-refractivity contribution >= 4 is 11.8 Å². The van der Waals surface area contributed by atoms with Crippen LogP contribution in [0.4, 0.5) is 0 Å². The Bertz CT molecular complexity index is 863. The molecule has 5 nitrogen and oxygen atoms in total. The Kier molecular flexibility index (Phi) is 5.62. The first-order valence-corrected chi connectivity index (χ1v) is 8.15. The Hall–Kier alpha value is -3.60. The highest BCUT2D eigenvalue weighted by molar-refractivity contribution is 5.95. The predicted octanol–water partition coefficient (Wildman–Crippen LogP) is 3.19. The van der Waals surface area contributed by atoms with Crippen LogP contribution in [-0.4, -0.2) is 18.4 Å². The summed E-state index contributed by atoms with van der Waals surface area (Å²) in [6.45, 7) is -0.183. The lowest BCUT2D eigenvalue weighted by Gasteiger charge is -2.09. The van der Waals surface area contributed by atoms with Gasteiger partial charge in [-0.25, -0.2) is 0 Å². The van der Waals surface area contributed by atoms with Gasteiger partial charge in [-0.1, -0.05) is 60.7 Å². The summed E-state index contributed by atoms with van der Waals surface area (Å²) < 4.78 is 5.31. The molecule has 0 bridgehead atoms. The zero-order chi connectivity index (χ0) is 18.2. The second-order valence-electron chi connectivity index (χ2n) is 5.55. The maximum absolute atomic E-state index is 12.1. The second-order valence-corrected chi connectivity index (χ2v) is 5.55. The van der Waals surface area contributed by atoms with E-state index in [2.05, 4.69) is 10.9 Å². The number of amides is 2. The number of carbonyl (C=O) groups is 2. The van der Waals surface area contributed by atoms with Gasteiger partial charge in [-0.05, 0) is 35.4 Å². The quantitative estimate of drug-likeness (QED) is 0.697. The van der Waals surface area contributed by atoms with E-state index in [1.54, 1.807) is 24.3 Å². The molecule has 26 heavy (non-hydrogen) atoms. The predicted molar refractivity (Wildman–Crippen MR) is 99.4 cm³/mol. The number of carbonyl (C=O) groups excluding carboxylic acids is 2. The van der Waals surface area contributed by atoms with Crippen LogP contribution in [0.25, 0.3) is 11.1 Å². The molecule has 0 heterocycles. The van der Waals surface area contributed by atoms with Gasteiger partial charge < -0.3 is 4.74 Å². The van der Waals surface area contributed by atoms with Gasteiger partial charge in [0, 0.05) is 5.56 Å². The number of hydrogen-bond acceptors (Lipinski definition) is 3. The highest BCUT2D eigenvalue weighted by atomic mass is 16.5. The molecule has 3 aromatic rings. The van der Waals surface area contributed by atoms with Crippen LogP contribution in [-0.2, 0) is 4.79 Å². The fourth-order valence-corrected chi connectivity index (χ4v) is 2.34. The van der Waals surface area contributed by atoms with Crippen molar-refractivity contribution in [1.82, 2.24) is 10.9 Å². The molecule has 3 rings (SSSR count). The first kappa shape index (κ1) is 17.2. The molecule has 2 amide bonds. The van der Waals surface area contributed by atoms with Crippen molar-refractivity contribution < 1.29 is 14.3 Å². The average Bonchev–Trinajstić information content (AvgIpc) is 2.72. The molecule has 0 saturated carbocycles. The Labute approximate surface area is 151 Å². The van der Waals surface area contributed by atoms with Gasteiger partial charge >= 0.3 is 0 Å². The molecule has 3 aromatic carbocycles. The number of rotatable bonds is 5. The van der Waals surface area contributed by atoms with E-state index in [0.717, 1.165) is 11.1 Å². The molecule has 0 aromatic heterocycles. The molecule has 2 N–H and O–H groups in total. The van der Waals surface area contributed by atoms with Crippen LogP contribution in [0, 0.1) is 0 Å². The summed E-state index contributed by atoms with van der Waals surface area (Å²) in [7, 11) is 0. The number of benzene rings is 3. The summed E-state index contributed by atoms with van der Waals surface area (Å²) in [6, 6.07) is 26.0. The van der Waals surface area contributed by atoms with E-state index in [-0.39, 0.29) is 6.61 Å². The molecule has 0 saturated heterocycles. The van der Waals surface area contributed by atoms with Crippen molar-refractivity contribution in [3.63, 3.8) is 0 Å². The van der Waals surface area contributed by atoms with Gasteiger partial charge in [0.05, 0.1) is 0 Å². The summed E-state index contributed by atoms with van der Waals surface area (Å²) in [5, 5.41) is 0. The third-order valence-corrected chi connectivity index (χ3v) is 3.68. The van der Waals surface area contributed by atoms with Crippen LogP contribution in [0.15, 0.2) is 84.9 Å². The molecule has 0 aliphatic heterocycles. The molecule has 5 heteroatoms. The summed E-state index contributed by atoms with van der Waals surface area (Å²) in [5.74, 6) is -0.244. The third-order valence-electron chi connectivity index (χ3n) is 3.68. The smallest absolute Gasteiger partial charge is 0.276 e. The van der Waals surface area contributed by atoms with Gasteiger partial charge in [0.1, 0.15) is 5.75 Å². The minimum atomic E-state index is -0.442. The molecule has 0 fully saturated rings. The monoisotopic (exact) mass is 346 g/mol. The third kappa shape index (κ3) is 4.70. The average molecular weight is 346 g/mol. The van der Waals surface area contributed by atoms with Crippen molar-refractivity contribution in [2.45, 2.75) is 0 Å². The lowest BCUT2D eigenvalue weighted by atomic mass is 10.0. The molecular weight excluding hydrogens is 328 g/mol. The Morgan fingerprint density at radius 3 is 1.92 bits per heavy atom. The molecule has 0 spiro atoms.